The van der Waals surface area contributed by atoms with Gasteiger partial charge in [-0.3, -0.25) is 9.36 Å². The molecule has 1 atom stereocenters. The van der Waals surface area contributed by atoms with E-state index in [0.29, 0.717) is 11.9 Å². The van der Waals surface area contributed by atoms with Gasteiger partial charge in [-0.05, 0) is 18.4 Å². The van der Waals surface area contributed by atoms with Gasteiger partial charge in [-0.2, -0.15) is 0 Å². The van der Waals surface area contributed by atoms with Crippen molar-refractivity contribution >= 4 is 44.7 Å². The van der Waals surface area contributed by atoms with Crippen molar-refractivity contribution < 1.29 is 0 Å². The normalized spacial score (nSPS) is 12.6. The second-order valence-electron chi connectivity index (χ2n) is 4.37. The van der Waals surface area contributed by atoms with Gasteiger partial charge in [-0.25, -0.2) is 9.97 Å². The average Bonchev–Trinajstić information content (AvgIpc) is 3.13. The summed E-state index contributed by atoms with van der Waals surface area (Å²) in [5.41, 5.74) is -0.00464. The summed E-state index contributed by atoms with van der Waals surface area (Å²) in [5, 5.41) is 6.44. The van der Waals surface area contributed by atoms with E-state index in [0.717, 1.165) is 15.0 Å². The molecule has 3 aromatic rings. The smallest absolute Gasteiger partial charge is 0.263 e. The highest BCUT2D eigenvalue weighted by molar-refractivity contribution is 7.99. The second-order valence-corrected chi connectivity index (χ2v) is 7.50. The zero-order chi connectivity index (χ0) is 14.8. The molecular formula is C14H13N3OS3. The van der Waals surface area contributed by atoms with Gasteiger partial charge in [-0.15, -0.1) is 29.3 Å². The van der Waals surface area contributed by atoms with Gasteiger partial charge in [0, 0.05) is 18.1 Å². The van der Waals surface area contributed by atoms with Gasteiger partial charge in [-0.1, -0.05) is 17.8 Å². The molecule has 3 rings (SSSR count). The molecule has 0 aromatic carbocycles. The number of aromatic nitrogens is 3. The van der Waals surface area contributed by atoms with Crippen LogP contribution in [0.5, 0.6) is 0 Å². The molecule has 0 aliphatic heterocycles. The lowest BCUT2D eigenvalue weighted by Crippen LogP contribution is -2.22. The quantitative estimate of drug-likeness (QED) is 0.402. The Bertz CT molecular complexity index is 820. The number of thiazole rings is 1. The van der Waals surface area contributed by atoms with E-state index in [2.05, 4.69) is 23.5 Å². The van der Waals surface area contributed by atoms with Crippen LogP contribution in [0.15, 0.2) is 45.6 Å². The lowest BCUT2D eigenvalue weighted by molar-refractivity contribution is 0.671. The summed E-state index contributed by atoms with van der Waals surface area (Å²) in [6, 6.07) is 1.83. The van der Waals surface area contributed by atoms with Crippen LogP contribution in [0.25, 0.3) is 10.2 Å². The maximum atomic E-state index is 12.5. The standard InChI is InChI=1S/C14H13N3OS3/c1-3-6-17-13(18)10-4-7-19-12(10)16-14(17)21-9(2)11-15-5-8-20-11/h3-5,7-9H,1,6H2,2H3/t9-/m0/s1. The van der Waals surface area contributed by atoms with Crippen LogP contribution < -0.4 is 5.56 Å². The minimum atomic E-state index is -0.00464. The topological polar surface area (TPSA) is 47.8 Å². The van der Waals surface area contributed by atoms with Gasteiger partial charge in [0.2, 0.25) is 0 Å². The molecule has 0 saturated heterocycles. The first-order valence-corrected chi connectivity index (χ1v) is 8.99. The van der Waals surface area contributed by atoms with Crippen molar-refractivity contribution in [3.05, 3.63) is 51.0 Å². The molecule has 0 saturated carbocycles. The Morgan fingerprint density at radius 1 is 1.48 bits per heavy atom. The lowest BCUT2D eigenvalue weighted by atomic mass is 10.4. The van der Waals surface area contributed by atoms with E-state index in [9.17, 15) is 4.79 Å². The van der Waals surface area contributed by atoms with Gasteiger partial charge in [0.25, 0.3) is 5.56 Å². The Hall–Kier alpha value is -1.44. The molecule has 4 nitrogen and oxygen atoms in total. The number of rotatable bonds is 5. The molecule has 0 aliphatic carbocycles. The first-order chi connectivity index (χ1) is 10.2. The predicted octanol–water partition coefficient (Wildman–Crippen LogP) is 3.95. The summed E-state index contributed by atoms with van der Waals surface area (Å²) in [6.45, 7) is 6.27. The molecule has 0 amide bonds. The van der Waals surface area contributed by atoms with E-state index in [1.54, 1.807) is 39.9 Å². The van der Waals surface area contributed by atoms with Crippen molar-refractivity contribution in [2.75, 3.05) is 0 Å². The number of thioether (sulfide) groups is 1. The summed E-state index contributed by atoms with van der Waals surface area (Å²) in [7, 11) is 0. The molecule has 3 aromatic heterocycles. The molecule has 0 unspecified atom stereocenters. The summed E-state index contributed by atoms with van der Waals surface area (Å²) in [5.74, 6) is 0. The van der Waals surface area contributed by atoms with Crippen LogP contribution in [0.2, 0.25) is 0 Å². The number of thiophene rings is 1. The number of hydrogen-bond donors (Lipinski definition) is 0. The summed E-state index contributed by atoms with van der Waals surface area (Å²) >= 11 is 4.66. The maximum Gasteiger partial charge on any atom is 0.263 e. The third-order valence-corrected chi connectivity index (χ3v) is 5.95. The van der Waals surface area contributed by atoms with E-state index in [1.807, 2.05) is 16.8 Å². The minimum Gasteiger partial charge on any atom is -0.283 e. The van der Waals surface area contributed by atoms with Crippen molar-refractivity contribution in [2.45, 2.75) is 23.9 Å². The van der Waals surface area contributed by atoms with E-state index < -0.39 is 0 Å². The van der Waals surface area contributed by atoms with Crippen LogP contribution in [-0.2, 0) is 6.54 Å². The molecule has 0 spiro atoms. The Morgan fingerprint density at radius 3 is 3.05 bits per heavy atom. The van der Waals surface area contributed by atoms with E-state index in [1.165, 1.54) is 11.3 Å². The zero-order valence-corrected chi connectivity index (χ0v) is 13.8. The highest BCUT2D eigenvalue weighted by Crippen LogP contribution is 2.35. The van der Waals surface area contributed by atoms with E-state index in [4.69, 9.17) is 0 Å². The number of fused-ring (bicyclic) bond motifs is 1. The van der Waals surface area contributed by atoms with Crippen molar-refractivity contribution in [1.82, 2.24) is 14.5 Å². The summed E-state index contributed by atoms with van der Waals surface area (Å²) in [4.78, 5) is 22.3. The van der Waals surface area contributed by atoms with Crippen molar-refractivity contribution in [2.24, 2.45) is 0 Å². The largest absolute Gasteiger partial charge is 0.283 e. The third kappa shape index (κ3) is 2.81. The van der Waals surface area contributed by atoms with Crippen LogP contribution in [0.4, 0.5) is 0 Å². The summed E-state index contributed by atoms with van der Waals surface area (Å²) in [6.07, 6.45) is 3.52. The van der Waals surface area contributed by atoms with Gasteiger partial charge >= 0.3 is 0 Å². The van der Waals surface area contributed by atoms with Gasteiger partial charge in [0.05, 0.1) is 10.6 Å². The molecule has 0 bridgehead atoms. The molecule has 3 heterocycles. The highest BCUT2D eigenvalue weighted by Gasteiger charge is 2.16. The van der Waals surface area contributed by atoms with Crippen LogP contribution in [0.3, 0.4) is 0 Å². The molecular weight excluding hydrogens is 322 g/mol. The molecule has 21 heavy (non-hydrogen) atoms. The van der Waals surface area contributed by atoms with Crippen LogP contribution >= 0.6 is 34.4 Å². The first kappa shape index (κ1) is 14.5. The Labute approximate surface area is 134 Å². The van der Waals surface area contributed by atoms with Crippen LogP contribution in [0, 0.1) is 0 Å². The zero-order valence-electron chi connectivity index (χ0n) is 11.4. The second kappa shape index (κ2) is 6.13. The van der Waals surface area contributed by atoms with E-state index >= 15 is 0 Å². The fourth-order valence-electron chi connectivity index (χ4n) is 1.95. The van der Waals surface area contributed by atoms with Gasteiger partial charge < -0.3 is 0 Å². The van der Waals surface area contributed by atoms with Crippen molar-refractivity contribution in [1.29, 1.82) is 0 Å². The summed E-state index contributed by atoms with van der Waals surface area (Å²) < 4.78 is 1.68. The third-order valence-electron chi connectivity index (χ3n) is 2.94. The van der Waals surface area contributed by atoms with Gasteiger partial charge in [0.1, 0.15) is 9.84 Å². The van der Waals surface area contributed by atoms with Crippen molar-refractivity contribution in [3.8, 4) is 0 Å². The predicted molar refractivity (Wildman–Crippen MR) is 90.5 cm³/mol. The fraction of sp³-hybridized carbons (Fsp3) is 0.214. The molecule has 7 heteroatoms. The SMILES string of the molecule is C=CCn1c(S[C@@H](C)c2nccs2)nc2sccc2c1=O. The fourth-order valence-corrected chi connectivity index (χ4v) is 4.56. The monoisotopic (exact) mass is 335 g/mol. The van der Waals surface area contributed by atoms with Gasteiger partial charge in [0.15, 0.2) is 5.16 Å². The lowest BCUT2D eigenvalue weighted by Gasteiger charge is -2.13. The number of hydrogen-bond acceptors (Lipinski definition) is 6. The molecule has 0 fully saturated rings. The number of allylic oxidation sites excluding steroid dienone is 1. The van der Waals surface area contributed by atoms with Crippen molar-refractivity contribution in [3.63, 3.8) is 0 Å². The minimum absolute atomic E-state index is 0.00464. The molecule has 0 aliphatic rings. The maximum absolute atomic E-state index is 12.5. The molecule has 0 N–H and O–H groups in total. The highest BCUT2D eigenvalue weighted by atomic mass is 32.2. The average molecular weight is 335 g/mol. The van der Waals surface area contributed by atoms with Crippen LogP contribution in [0.1, 0.15) is 17.2 Å². The Balaban J connectivity index is 2.05. The van der Waals surface area contributed by atoms with E-state index in [-0.39, 0.29) is 10.8 Å². The molecule has 108 valence electrons. The van der Waals surface area contributed by atoms with Crippen LogP contribution in [-0.4, -0.2) is 14.5 Å². The number of nitrogens with zero attached hydrogens (tertiary/aromatic N) is 3. The first-order valence-electron chi connectivity index (χ1n) is 6.35. The Morgan fingerprint density at radius 2 is 2.33 bits per heavy atom. The molecule has 0 radical (unpaired) electrons. The Kier molecular flexibility index (Phi) is 4.23.